The second-order valence-electron chi connectivity index (χ2n) is 4.60. The highest BCUT2D eigenvalue weighted by molar-refractivity contribution is 6.10. The number of benzene rings is 2. The first kappa shape index (κ1) is 15.6. The first-order chi connectivity index (χ1) is 10.7. The van der Waals surface area contributed by atoms with E-state index in [1.165, 1.54) is 0 Å². The molecule has 0 amide bonds. The van der Waals surface area contributed by atoms with Crippen LogP contribution in [0.3, 0.4) is 0 Å². The summed E-state index contributed by atoms with van der Waals surface area (Å²) in [7, 11) is 4.98. The molecule has 2 rings (SSSR count). The maximum absolute atomic E-state index is 12.3. The van der Waals surface area contributed by atoms with Gasteiger partial charge in [0, 0.05) is 29.9 Å². The van der Waals surface area contributed by atoms with Gasteiger partial charge in [-0.25, -0.2) is 0 Å². The van der Waals surface area contributed by atoms with Crippen molar-refractivity contribution < 1.29 is 14.3 Å². The molecule has 0 atom stereocenters. The molecule has 0 saturated heterocycles. The number of hydrogen-bond acceptors (Lipinski definition) is 4. The number of methoxy groups -OCH3 is 2. The summed E-state index contributed by atoms with van der Waals surface area (Å²) in [4.78, 5) is 12.3. The van der Waals surface area contributed by atoms with Gasteiger partial charge in [-0.15, -0.1) is 0 Å². The van der Waals surface area contributed by atoms with Gasteiger partial charge < -0.3 is 14.8 Å². The van der Waals surface area contributed by atoms with Crippen LogP contribution in [0.15, 0.2) is 48.5 Å². The van der Waals surface area contributed by atoms with E-state index in [-0.39, 0.29) is 5.78 Å². The van der Waals surface area contributed by atoms with Gasteiger partial charge in [-0.2, -0.15) is 0 Å². The van der Waals surface area contributed by atoms with Crippen LogP contribution in [0.5, 0.6) is 11.5 Å². The van der Waals surface area contributed by atoms with E-state index in [0.29, 0.717) is 17.1 Å². The Labute approximate surface area is 130 Å². The molecule has 0 saturated carbocycles. The van der Waals surface area contributed by atoms with E-state index in [1.807, 2.05) is 30.3 Å². The molecule has 0 heterocycles. The van der Waals surface area contributed by atoms with Crippen LogP contribution in [-0.2, 0) is 0 Å². The standard InChI is InChI=1S/C18H19NO3/c1-19-16-7-5-4-6-15(16)17(20)11-9-13-8-10-14(21-2)12-18(13)22-3/h4-12,19H,1-3H3/b11-9+. The number of rotatable bonds is 6. The summed E-state index contributed by atoms with van der Waals surface area (Å²) in [6.45, 7) is 0. The van der Waals surface area contributed by atoms with Crippen molar-refractivity contribution in [1.82, 2.24) is 0 Å². The lowest BCUT2D eigenvalue weighted by Gasteiger charge is -2.08. The smallest absolute Gasteiger partial charge is 0.187 e. The van der Waals surface area contributed by atoms with Gasteiger partial charge in [0.15, 0.2) is 5.78 Å². The van der Waals surface area contributed by atoms with Crippen LogP contribution in [0, 0.1) is 0 Å². The monoisotopic (exact) mass is 297 g/mol. The third-order valence-corrected chi connectivity index (χ3v) is 3.32. The average molecular weight is 297 g/mol. The summed E-state index contributed by atoms with van der Waals surface area (Å²) in [5.41, 5.74) is 2.26. The van der Waals surface area contributed by atoms with E-state index in [1.54, 1.807) is 45.6 Å². The Hall–Kier alpha value is -2.75. The molecule has 4 heteroatoms. The molecule has 0 spiro atoms. The molecule has 0 aromatic heterocycles. The van der Waals surface area contributed by atoms with Crippen LogP contribution in [0.25, 0.3) is 6.08 Å². The second kappa shape index (κ2) is 7.31. The normalized spacial score (nSPS) is 10.5. The van der Waals surface area contributed by atoms with Crippen LogP contribution in [0.1, 0.15) is 15.9 Å². The first-order valence-electron chi connectivity index (χ1n) is 6.90. The highest BCUT2D eigenvalue weighted by Gasteiger charge is 2.07. The number of allylic oxidation sites excluding steroid dienone is 1. The van der Waals surface area contributed by atoms with Crippen molar-refractivity contribution in [2.45, 2.75) is 0 Å². The molecular formula is C18H19NO3. The van der Waals surface area contributed by atoms with Gasteiger partial charge in [0.2, 0.25) is 0 Å². The number of carbonyl (C=O) groups excluding carboxylic acids is 1. The predicted octanol–water partition coefficient (Wildman–Crippen LogP) is 3.64. The van der Waals surface area contributed by atoms with Crippen molar-refractivity contribution in [3.63, 3.8) is 0 Å². The highest BCUT2D eigenvalue weighted by Crippen LogP contribution is 2.26. The molecule has 0 fully saturated rings. The van der Waals surface area contributed by atoms with Crippen LogP contribution in [0.2, 0.25) is 0 Å². The minimum atomic E-state index is -0.0668. The van der Waals surface area contributed by atoms with Gasteiger partial charge in [-0.05, 0) is 36.4 Å². The molecule has 22 heavy (non-hydrogen) atoms. The predicted molar refractivity (Wildman–Crippen MR) is 88.9 cm³/mol. The molecule has 0 unspecified atom stereocenters. The lowest BCUT2D eigenvalue weighted by Crippen LogP contribution is -2.00. The lowest BCUT2D eigenvalue weighted by atomic mass is 10.1. The Balaban J connectivity index is 2.26. The molecule has 0 aliphatic heterocycles. The first-order valence-corrected chi connectivity index (χ1v) is 6.90. The lowest BCUT2D eigenvalue weighted by molar-refractivity contribution is 0.104. The van der Waals surface area contributed by atoms with Crippen molar-refractivity contribution >= 4 is 17.5 Å². The van der Waals surface area contributed by atoms with Crippen molar-refractivity contribution in [1.29, 1.82) is 0 Å². The van der Waals surface area contributed by atoms with Gasteiger partial charge in [-0.1, -0.05) is 12.1 Å². The van der Waals surface area contributed by atoms with E-state index in [2.05, 4.69) is 5.32 Å². The van der Waals surface area contributed by atoms with Crippen LogP contribution in [-0.4, -0.2) is 27.1 Å². The van der Waals surface area contributed by atoms with Crippen molar-refractivity contribution in [3.8, 4) is 11.5 Å². The molecule has 0 aliphatic carbocycles. The van der Waals surface area contributed by atoms with Gasteiger partial charge >= 0.3 is 0 Å². The quantitative estimate of drug-likeness (QED) is 0.653. The molecule has 2 aromatic rings. The summed E-state index contributed by atoms with van der Waals surface area (Å²) in [5, 5.41) is 3.02. The number of para-hydroxylation sites is 1. The molecule has 0 radical (unpaired) electrons. The van der Waals surface area contributed by atoms with Gasteiger partial charge in [0.25, 0.3) is 0 Å². The van der Waals surface area contributed by atoms with Crippen molar-refractivity contribution in [3.05, 3.63) is 59.7 Å². The fourth-order valence-corrected chi connectivity index (χ4v) is 2.13. The zero-order chi connectivity index (χ0) is 15.9. The van der Waals surface area contributed by atoms with E-state index < -0.39 is 0 Å². The Morgan fingerprint density at radius 3 is 2.55 bits per heavy atom. The van der Waals surface area contributed by atoms with E-state index in [4.69, 9.17) is 9.47 Å². The fourth-order valence-electron chi connectivity index (χ4n) is 2.13. The molecule has 0 bridgehead atoms. The van der Waals surface area contributed by atoms with E-state index in [9.17, 15) is 4.79 Å². The van der Waals surface area contributed by atoms with Crippen LogP contribution >= 0.6 is 0 Å². The van der Waals surface area contributed by atoms with E-state index >= 15 is 0 Å². The largest absolute Gasteiger partial charge is 0.497 e. The molecule has 4 nitrogen and oxygen atoms in total. The van der Waals surface area contributed by atoms with Crippen LogP contribution < -0.4 is 14.8 Å². The van der Waals surface area contributed by atoms with Gasteiger partial charge in [0.05, 0.1) is 14.2 Å². The Morgan fingerprint density at radius 2 is 1.86 bits per heavy atom. The van der Waals surface area contributed by atoms with E-state index in [0.717, 1.165) is 11.3 Å². The molecular weight excluding hydrogens is 278 g/mol. The molecule has 2 aromatic carbocycles. The van der Waals surface area contributed by atoms with Gasteiger partial charge in [0.1, 0.15) is 11.5 Å². The molecule has 0 aliphatic rings. The molecule has 1 N–H and O–H groups in total. The second-order valence-corrected chi connectivity index (χ2v) is 4.60. The molecule has 114 valence electrons. The Morgan fingerprint density at radius 1 is 1.09 bits per heavy atom. The SMILES string of the molecule is CNc1ccccc1C(=O)/C=C/c1ccc(OC)cc1OC. The number of anilines is 1. The Bertz CT molecular complexity index is 692. The summed E-state index contributed by atoms with van der Waals surface area (Å²) in [6.07, 6.45) is 3.29. The maximum Gasteiger partial charge on any atom is 0.187 e. The number of ether oxygens (including phenoxy) is 2. The fraction of sp³-hybridized carbons (Fsp3) is 0.167. The summed E-state index contributed by atoms with van der Waals surface area (Å²) >= 11 is 0. The maximum atomic E-state index is 12.3. The number of ketones is 1. The van der Waals surface area contributed by atoms with Gasteiger partial charge in [-0.3, -0.25) is 4.79 Å². The zero-order valence-electron chi connectivity index (χ0n) is 12.9. The zero-order valence-corrected chi connectivity index (χ0v) is 12.9. The summed E-state index contributed by atoms with van der Waals surface area (Å²) < 4.78 is 10.5. The third-order valence-electron chi connectivity index (χ3n) is 3.32. The minimum absolute atomic E-state index is 0.0668. The summed E-state index contributed by atoms with van der Waals surface area (Å²) in [5.74, 6) is 1.30. The van der Waals surface area contributed by atoms with Crippen LogP contribution in [0.4, 0.5) is 5.69 Å². The van der Waals surface area contributed by atoms with Crippen molar-refractivity contribution in [2.75, 3.05) is 26.6 Å². The van der Waals surface area contributed by atoms with Crippen molar-refractivity contribution in [2.24, 2.45) is 0 Å². The number of nitrogens with one attached hydrogen (secondary N) is 1. The Kier molecular flexibility index (Phi) is 5.20. The minimum Gasteiger partial charge on any atom is -0.497 e. The number of hydrogen-bond donors (Lipinski definition) is 1. The topological polar surface area (TPSA) is 47.6 Å². The third kappa shape index (κ3) is 3.47. The highest BCUT2D eigenvalue weighted by atomic mass is 16.5. The number of carbonyl (C=O) groups is 1. The average Bonchev–Trinajstić information content (AvgIpc) is 2.59. The summed E-state index contributed by atoms with van der Waals surface area (Å²) in [6, 6.07) is 12.9.